The van der Waals surface area contributed by atoms with Crippen LogP contribution < -0.4 is 0 Å². The van der Waals surface area contributed by atoms with Gasteiger partial charge in [-0.1, -0.05) is 20.8 Å². The molecule has 2 rings (SSSR count). The van der Waals surface area contributed by atoms with Gasteiger partial charge in [0.15, 0.2) is 0 Å². The fraction of sp³-hybridized carbons (Fsp3) is 0.900. The molecule has 0 N–H and O–H groups in total. The van der Waals surface area contributed by atoms with Crippen molar-refractivity contribution in [1.29, 1.82) is 0 Å². The van der Waals surface area contributed by atoms with Crippen molar-refractivity contribution in [3.05, 3.63) is 0 Å². The molecule has 0 unspecified atom stereocenters. The van der Waals surface area contributed by atoms with Crippen molar-refractivity contribution in [3.8, 4) is 0 Å². The third kappa shape index (κ3) is 1.13. The Morgan fingerprint density at radius 1 is 1.42 bits per heavy atom. The van der Waals surface area contributed by atoms with Crippen LogP contribution in [-0.4, -0.2) is 29.9 Å². The summed E-state index contributed by atoms with van der Waals surface area (Å²) < 4.78 is 0. The lowest BCUT2D eigenvalue weighted by Gasteiger charge is -2.28. The number of hydrogen-bond donors (Lipinski definition) is 0. The Kier molecular flexibility index (Phi) is 1.67. The molecule has 2 aliphatic heterocycles. The third-order valence-electron chi connectivity index (χ3n) is 2.77. The number of rotatable bonds is 0. The Labute approximate surface area is 74.7 Å². The molecule has 2 heteroatoms. The van der Waals surface area contributed by atoms with E-state index in [0.717, 1.165) is 12.6 Å². The number of fused-ring (bicyclic) bond motifs is 1. The first-order valence-electron chi connectivity index (χ1n) is 4.90. The summed E-state index contributed by atoms with van der Waals surface area (Å²) in [4.78, 5) is 7.15. The van der Waals surface area contributed by atoms with E-state index in [-0.39, 0.29) is 5.41 Å². The van der Waals surface area contributed by atoms with Gasteiger partial charge in [-0.3, -0.25) is 4.99 Å². The summed E-state index contributed by atoms with van der Waals surface area (Å²) in [5.74, 6) is 1.34. The third-order valence-corrected chi connectivity index (χ3v) is 2.77. The second kappa shape index (κ2) is 2.48. The molecule has 68 valence electrons. The Hall–Kier alpha value is -0.530. The highest BCUT2D eigenvalue weighted by Gasteiger charge is 2.36. The molecule has 2 aliphatic rings. The first-order valence-corrected chi connectivity index (χ1v) is 4.90. The summed E-state index contributed by atoms with van der Waals surface area (Å²) in [7, 11) is 0. The second-order valence-electron chi connectivity index (χ2n) is 4.90. The predicted molar refractivity (Wildman–Crippen MR) is 51.5 cm³/mol. The summed E-state index contributed by atoms with van der Waals surface area (Å²) in [5, 5.41) is 0. The second-order valence-corrected chi connectivity index (χ2v) is 4.90. The maximum atomic E-state index is 4.63. The first kappa shape index (κ1) is 8.09. The summed E-state index contributed by atoms with van der Waals surface area (Å²) in [6, 6.07) is 0.749. The van der Waals surface area contributed by atoms with Gasteiger partial charge in [0.2, 0.25) is 0 Å². The fourth-order valence-electron chi connectivity index (χ4n) is 2.26. The van der Waals surface area contributed by atoms with E-state index in [9.17, 15) is 0 Å². The minimum Gasteiger partial charge on any atom is -0.355 e. The Morgan fingerprint density at radius 2 is 2.17 bits per heavy atom. The lowest BCUT2D eigenvalue weighted by molar-refractivity contribution is 0.387. The zero-order chi connectivity index (χ0) is 8.77. The molecule has 1 fully saturated rings. The molecule has 0 radical (unpaired) electrons. The Bertz CT molecular complexity index is 212. The van der Waals surface area contributed by atoms with Crippen LogP contribution >= 0.6 is 0 Å². The van der Waals surface area contributed by atoms with E-state index in [1.54, 1.807) is 0 Å². The predicted octanol–water partition coefficient (Wildman–Crippen LogP) is 1.91. The highest BCUT2D eigenvalue weighted by molar-refractivity contribution is 5.89. The van der Waals surface area contributed by atoms with Crippen LogP contribution in [0.25, 0.3) is 0 Å². The molecule has 0 aromatic heterocycles. The zero-order valence-corrected chi connectivity index (χ0v) is 8.30. The molecule has 0 spiro atoms. The Balaban J connectivity index is 2.18. The normalized spacial score (nSPS) is 29.1. The highest BCUT2D eigenvalue weighted by atomic mass is 15.3. The first-order chi connectivity index (χ1) is 5.59. The Morgan fingerprint density at radius 3 is 2.83 bits per heavy atom. The van der Waals surface area contributed by atoms with Crippen LogP contribution in [0.15, 0.2) is 4.99 Å². The number of hydrogen-bond acceptors (Lipinski definition) is 2. The van der Waals surface area contributed by atoms with E-state index in [0.29, 0.717) is 0 Å². The smallest absolute Gasteiger partial charge is 0.105 e. The topological polar surface area (TPSA) is 15.6 Å². The molecular weight excluding hydrogens is 148 g/mol. The molecule has 0 aliphatic carbocycles. The molecule has 0 aromatic carbocycles. The SMILES string of the molecule is CC(C)(C)C1=NC[C@@H]2CCCN12. The van der Waals surface area contributed by atoms with Gasteiger partial charge in [-0.2, -0.15) is 0 Å². The van der Waals surface area contributed by atoms with Crippen molar-refractivity contribution in [1.82, 2.24) is 4.90 Å². The summed E-state index contributed by atoms with van der Waals surface area (Å²) in [6.07, 6.45) is 2.71. The van der Waals surface area contributed by atoms with E-state index in [2.05, 4.69) is 30.7 Å². The molecule has 1 saturated heterocycles. The van der Waals surface area contributed by atoms with E-state index in [1.165, 1.54) is 25.2 Å². The molecule has 0 aromatic rings. The lowest BCUT2D eigenvalue weighted by atomic mass is 9.94. The van der Waals surface area contributed by atoms with Crippen LogP contribution in [0.4, 0.5) is 0 Å². The summed E-state index contributed by atoms with van der Waals surface area (Å²) in [6.45, 7) is 9.05. The largest absolute Gasteiger partial charge is 0.355 e. The van der Waals surface area contributed by atoms with Crippen LogP contribution in [0.3, 0.4) is 0 Å². The minimum atomic E-state index is 0.249. The fourth-order valence-corrected chi connectivity index (χ4v) is 2.26. The molecule has 0 bridgehead atoms. The maximum absolute atomic E-state index is 4.63. The van der Waals surface area contributed by atoms with Crippen LogP contribution in [0.2, 0.25) is 0 Å². The van der Waals surface area contributed by atoms with E-state index in [1.807, 2.05) is 0 Å². The summed E-state index contributed by atoms with van der Waals surface area (Å²) in [5.41, 5.74) is 0.249. The minimum absolute atomic E-state index is 0.249. The van der Waals surface area contributed by atoms with E-state index < -0.39 is 0 Å². The van der Waals surface area contributed by atoms with Gasteiger partial charge in [0, 0.05) is 18.0 Å². The van der Waals surface area contributed by atoms with Gasteiger partial charge in [-0.05, 0) is 12.8 Å². The lowest BCUT2D eigenvalue weighted by Crippen LogP contribution is -2.38. The quantitative estimate of drug-likeness (QED) is 0.536. The van der Waals surface area contributed by atoms with Crippen LogP contribution in [0, 0.1) is 5.41 Å². The zero-order valence-electron chi connectivity index (χ0n) is 8.30. The van der Waals surface area contributed by atoms with Crippen molar-refractivity contribution >= 4 is 5.84 Å². The standard InChI is InChI=1S/C10H18N2/c1-10(2,3)9-11-7-8-5-4-6-12(8)9/h8H,4-7H2,1-3H3/t8-/m0/s1. The van der Waals surface area contributed by atoms with Gasteiger partial charge >= 0.3 is 0 Å². The maximum Gasteiger partial charge on any atom is 0.105 e. The molecule has 2 heterocycles. The van der Waals surface area contributed by atoms with E-state index >= 15 is 0 Å². The van der Waals surface area contributed by atoms with Gasteiger partial charge in [-0.25, -0.2) is 0 Å². The van der Waals surface area contributed by atoms with Gasteiger partial charge < -0.3 is 4.90 Å². The van der Waals surface area contributed by atoms with Gasteiger partial charge in [-0.15, -0.1) is 0 Å². The van der Waals surface area contributed by atoms with Crippen LogP contribution in [0.5, 0.6) is 0 Å². The molecule has 1 atom stereocenters. The van der Waals surface area contributed by atoms with Crippen LogP contribution in [-0.2, 0) is 0 Å². The van der Waals surface area contributed by atoms with Gasteiger partial charge in [0.05, 0.1) is 6.54 Å². The van der Waals surface area contributed by atoms with Gasteiger partial charge in [0.25, 0.3) is 0 Å². The number of aliphatic imine (C=N–C) groups is 1. The van der Waals surface area contributed by atoms with E-state index in [4.69, 9.17) is 0 Å². The molecule has 0 saturated carbocycles. The van der Waals surface area contributed by atoms with Crippen molar-refractivity contribution in [2.75, 3.05) is 13.1 Å². The van der Waals surface area contributed by atoms with Crippen molar-refractivity contribution < 1.29 is 0 Å². The average Bonchev–Trinajstić information content (AvgIpc) is 2.37. The van der Waals surface area contributed by atoms with Crippen molar-refractivity contribution in [2.24, 2.45) is 10.4 Å². The van der Waals surface area contributed by atoms with Crippen molar-refractivity contribution in [3.63, 3.8) is 0 Å². The number of amidine groups is 1. The average molecular weight is 166 g/mol. The van der Waals surface area contributed by atoms with Crippen LogP contribution in [0.1, 0.15) is 33.6 Å². The van der Waals surface area contributed by atoms with Gasteiger partial charge in [0.1, 0.15) is 5.84 Å². The molecule has 12 heavy (non-hydrogen) atoms. The number of nitrogens with zero attached hydrogens (tertiary/aromatic N) is 2. The van der Waals surface area contributed by atoms with Crippen molar-refractivity contribution in [2.45, 2.75) is 39.7 Å². The monoisotopic (exact) mass is 166 g/mol. The molecule has 2 nitrogen and oxygen atoms in total. The summed E-state index contributed by atoms with van der Waals surface area (Å²) >= 11 is 0. The molecule has 0 amide bonds. The molecular formula is C10H18N2. The highest BCUT2D eigenvalue weighted by Crippen LogP contribution is 2.30.